The van der Waals surface area contributed by atoms with Crippen LogP contribution in [-0.4, -0.2) is 43.9 Å². The number of aryl methyl sites for hydroxylation is 1. The summed E-state index contributed by atoms with van der Waals surface area (Å²) in [6.07, 6.45) is 2.80. The Hall–Kier alpha value is -2.49. The molecule has 0 radical (unpaired) electrons. The molecule has 0 unspecified atom stereocenters. The van der Waals surface area contributed by atoms with Crippen molar-refractivity contribution in [3.63, 3.8) is 0 Å². The fourth-order valence-corrected chi connectivity index (χ4v) is 4.75. The molecule has 160 valence electrons. The molecular weight excluding hydrogens is 424 g/mol. The van der Waals surface area contributed by atoms with Crippen LogP contribution in [0.2, 0.25) is 0 Å². The van der Waals surface area contributed by atoms with E-state index in [2.05, 4.69) is 10.6 Å². The van der Waals surface area contributed by atoms with Crippen molar-refractivity contribution in [1.82, 2.24) is 5.32 Å². The minimum absolute atomic E-state index is 0.118. The smallest absolute Gasteiger partial charge is 0.341 e. The van der Waals surface area contributed by atoms with Crippen LogP contribution in [0.25, 0.3) is 0 Å². The van der Waals surface area contributed by atoms with Crippen LogP contribution in [0.15, 0.2) is 24.3 Å². The lowest BCUT2D eigenvalue weighted by atomic mass is 10.1. The molecule has 2 N–H and O–H groups in total. The van der Waals surface area contributed by atoms with Crippen molar-refractivity contribution in [3.8, 4) is 5.75 Å². The van der Waals surface area contributed by atoms with Gasteiger partial charge in [0, 0.05) is 17.0 Å². The van der Waals surface area contributed by atoms with Gasteiger partial charge in [0.25, 0.3) is 5.91 Å². The van der Waals surface area contributed by atoms with Crippen LogP contribution in [0.3, 0.4) is 0 Å². The molecule has 1 aromatic carbocycles. The molecule has 30 heavy (non-hydrogen) atoms. The number of esters is 1. The highest BCUT2D eigenvalue weighted by Gasteiger charge is 2.27. The summed E-state index contributed by atoms with van der Waals surface area (Å²) in [5, 5.41) is 6.36. The van der Waals surface area contributed by atoms with Crippen LogP contribution in [0.4, 0.5) is 5.00 Å². The van der Waals surface area contributed by atoms with E-state index >= 15 is 0 Å². The molecule has 1 aliphatic carbocycles. The molecule has 1 aromatic heterocycles. The topological polar surface area (TPSA) is 85.9 Å². The van der Waals surface area contributed by atoms with E-state index in [0.717, 1.165) is 29.7 Å². The molecule has 1 aliphatic rings. The van der Waals surface area contributed by atoms with E-state index in [4.69, 9.17) is 26.4 Å². The van der Waals surface area contributed by atoms with Gasteiger partial charge in [-0.3, -0.25) is 10.1 Å². The van der Waals surface area contributed by atoms with Gasteiger partial charge in [0.05, 0.1) is 19.3 Å². The number of anilines is 1. The molecule has 0 aliphatic heterocycles. The van der Waals surface area contributed by atoms with Crippen molar-refractivity contribution in [2.45, 2.75) is 26.2 Å². The highest BCUT2D eigenvalue weighted by molar-refractivity contribution is 7.80. The maximum absolute atomic E-state index is 12.6. The largest absolute Gasteiger partial charge is 0.491 e. The number of methoxy groups -OCH3 is 1. The fourth-order valence-electron chi connectivity index (χ4n) is 3.21. The summed E-state index contributed by atoms with van der Waals surface area (Å²) in [4.78, 5) is 26.0. The van der Waals surface area contributed by atoms with E-state index in [1.807, 2.05) is 6.92 Å². The number of nitrogens with one attached hydrogen (secondary N) is 2. The monoisotopic (exact) mass is 448 g/mol. The van der Waals surface area contributed by atoms with E-state index < -0.39 is 5.97 Å². The molecule has 0 saturated heterocycles. The van der Waals surface area contributed by atoms with E-state index in [9.17, 15) is 9.59 Å². The number of hydrogen-bond donors (Lipinski definition) is 2. The van der Waals surface area contributed by atoms with E-state index in [0.29, 0.717) is 41.7 Å². The van der Waals surface area contributed by atoms with Gasteiger partial charge < -0.3 is 19.5 Å². The standard InChI is InChI=1S/C21H24N2O5S2/c1-3-27-10-11-28-14-7-4-6-13(12-14)18(24)22-21(29)23-19-17(20(25)26-2)15-8-5-9-16(15)30-19/h4,6-7,12H,3,5,8-11H2,1-2H3,(H2,22,23,24,29). The van der Waals surface area contributed by atoms with Gasteiger partial charge in [0.1, 0.15) is 17.4 Å². The Morgan fingerprint density at radius 2 is 2.07 bits per heavy atom. The van der Waals surface area contributed by atoms with Gasteiger partial charge in [-0.05, 0) is 62.2 Å². The maximum atomic E-state index is 12.6. The number of thiophene rings is 1. The molecule has 0 spiro atoms. The number of ether oxygens (including phenoxy) is 3. The van der Waals surface area contributed by atoms with Gasteiger partial charge in [0.15, 0.2) is 5.11 Å². The third-order valence-corrected chi connectivity index (χ3v) is 5.97. The number of fused-ring (bicyclic) bond motifs is 1. The number of benzene rings is 1. The van der Waals surface area contributed by atoms with Gasteiger partial charge in [-0.2, -0.15) is 0 Å². The molecule has 0 bridgehead atoms. The first-order valence-corrected chi connectivity index (χ1v) is 10.9. The zero-order valence-electron chi connectivity index (χ0n) is 16.9. The maximum Gasteiger partial charge on any atom is 0.341 e. The highest BCUT2D eigenvalue weighted by Crippen LogP contribution is 2.39. The Labute approximate surface area is 184 Å². The first-order valence-electron chi connectivity index (χ1n) is 9.69. The predicted octanol–water partition coefficient (Wildman–Crippen LogP) is 3.57. The summed E-state index contributed by atoms with van der Waals surface area (Å²) >= 11 is 6.77. The zero-order chi connectivity index (χ0) is 21.5. The van der Waals surface area contributed by atoms with Crippen LogP contribution in [0.1, 0.15) is 44.5 Å². The van der Waals surface area contributed by atoms with Gasteiger partial charge >= 0.3 is 5.97 Å². The van der Waals surface area contributed by atoms with Crippen LogP contribution in [0.5, 0.6) is 5.75 Å². The average Bonchev–Trinajstić information content (AvgIpc) is 3.31. The quantitative estimate of drug-likeness (QED) is 0.363. The second kappa shape index (κ2) is 10.5. The lowest BCUT2D eigenvalue weighted by molar-refractivity contribution is 0.0601. The summed E-state index contributed by atoms with van der Waals surface area (Å²) in [5.41, 5.74) is 1.94. The second-order valence-electron chi connectivity index (χ2n) is 6.53. The number of hydrogen-bond acceptors (Lipinski definition) is 7. The molecule has 3 rings (SSSR count). The fraction of sp³-hybridized carbons (Fsp3) is 0.381. The summed E-state index contributed by atoms with van der Waals surface area (Å²) in [6.45, 7) is 3.42. The van der Waals surface area contributed by atoms with Crippen molar-refractivity contribution in [2.75, 3.05) is 32.2 Å². The van der Waals surface area contributed by atoms with Crippen LogP contribution in [0, 0.1) is 0 Å². The average molecular weight is 449 g/mol. The van der Waals surface area contributed by atoms with E-state index in [1.54, 1.807) is 24.3 Å². The number of thiocarbonyl (C=S) groups is 1. The molecule has 0 atom stereocenters. The molecule has 2 aromatic rings. The molecule has 0 saturated carbocycles. The van der Waals surface area contributed by atoms with E-state index in [1.165, 1.54) is 18.4 Å². The number of carbonyl (C=O) groups is 2. The minimum atomic E-state index is -0.400. The second-order valence-corrected chi connectivity index (χ2v) is 8.05. The van der Waals surface area contributed by atoms with Crippen molar-refractivity contribution >= 4 is 45.5 Å². The number of rotatable bonds is 8. The predicted molar refractivity (Wildman–Crippen MR) is 120 cm³/mol. The molecule has 0 fully saturated rings. The Morgan fingerprint density at radius 3 is 2.83 bits per heavy atom. The van der Waals surface area contributed by atoms with Crippen LogP contribution in [-0.2, 0) is 22.3 Å². The summed E-state index contributed by atoms with van der Waals surface area (Å²) < 4.78 is 15.8. The number of carbonyl (C=O) groups excluding carboxylic acids is 2. The minimum Gasteiger partial charge on any atom is -0.491 e. The van der Waals surface area contributed by atoms with E-state index in [-0.39, 0.29) is 11.0 Å². The summed E-state index contributed by atoms with van der Waals surface area (Å²) in [6, 6.07) is 6.83. The lowest BCUT2D eigenvalue weighted by Crippen LogP contribution is -2.34. The Balaban J connectivity index is 1.63. The third kappa shape index (κ3) is 5.35. The normalized spacial score (nSPS) is 12.2. The van der Waals surface area contributed by atoms with Crippen molar-refractivity contribution in [1.29, 1.82) is 0 Å². The third-order valence-electron chi connectivity index (χ3n) is 4.56. The van der Waals surface area contributed by atoms with Gasteiger partial charge in [-0.15, -0.1) is 11.3 Å². The van der Waals surface area contributed by atoms with Crippen molar-refractivity contribution in [2.24, 2.45) is 0 Å². The molecule has 7 nitrogen and oxygen atoms in total. The van der Waals surface area contributed by atoms with Crippen LogP contribution < -0.4 is 15.4 Å². The molecule has 1 heterocycles. The zero-order valence-corrected chi connectivity index (χ0v) is 18.5. The first-order chi connectivity index (χ1) is 14.5. The van der Waals surface area contributed by atoms with Gasteiger partial charge in [0.2, 0.25) is 0 Å². The SMILES string of the molecule is CCOCCOc1cccc(C(=O)NC(=S)Nc2sc3c(c2C(=O)OC)CCC3)c1. The molecule has 1 amide bonds. The van der Waals surface area contributed by atoms with Crippen LogP contribution >= 0.6 is 23.6 Å². The van der Waals surface area contributed by atoms with Crippen molar-refractivity contribution in [3.05, 3.63) is 45.8 Å². The summed E-state index contributed by atoms with van der Waals surface area (Å²) in [7, 11) is 1.36. The molecule has 9 heteroatoms. The van der Waals surface area contributed by atoms with Gasteiger partial charge in [-0.25, -0.2) is 4.79 Å². The van der Waals surface area contributed by atoms with Gasteiger partial charge in [-0.1, -0.05) is 6.07 Å². The first kappa shape index (κ1) is 22.2. The molecular formula is C21H24N2O5S2. The Morgan fingerprint density at radius 1 is 1.23 bits per heavy atom. The Kier molecular flexibility index (Phi) is 7.78. The number of amides is 1. The highest BCUT2D eigenvalue weighted by atomic mass is 32.1. The van der Waals surface area contributed by atoms with Crippen molar-refractivity contribution < 1.29 is 23.8 Å². The summed E-state index contributed by atoms with van der Waals surface area (Å²) in [5.74, 6) is -0.196. The lowest BCUT2D eigenvalue weighted by Gasteiger charge is -2.11. The Bertz CT molecular complexity index is 941.